The van der Waals surface area contributed by atoms with Gasteiger partial charge in [0, 0.05) is 25.2 Å². The fourth-order valence-corrected chi connectivity index (χ4v) is 3.50. The van der Waals surface area contributed by atoms with Crippen LogP contribution in [0.5, 0.6) is 0 Å². The zero-order chi connectivity index (χ0) is 11.7. The van der Waals surface area contributed by atoms with Crippen LogP contribution in [0.1, 0.15) is 39.0 Å². The molecule has 2 unspecified atom stereocenters. The molecule has 0 bridgehead atoms. The Morgan fingerprint density at radius 2 is 2.18 bits per heavy atom. The van der Waals surface area contributed by atoms with E-state index >= 15 is 0 Å². The van der Waals surface area contributed by atoms with Crippen molar-refractivity contribution in [3.05, 3.63) is 0 Å². The summed E-state index contributed by atoms with van der Waals surface area (Å²) in [6.45, 7) is 8.22. The molecule has 0 radical (unpaired) electrons. The van der Waals surface area contributed by atoms with E-state index in [0.29, 0.717) is 11.6 Å². The number of rotatable bonds is 3. The van der Waals surface area contributed by atoms with Crippen molar-refractivity contribution < 1.29 is 4.74 Å². The summed E-state index contributed by atoms with van der Waals surface area (Å²) in [7, 11) is 0. The molecule has 2 aliphatic heterocycles. The number of nitrogens with zero attached hydrogens (tertiary/aromatic N) is 1. The van der Waals surface area contributed by atoms with Crippen molar-refractivity contribution in [1.29, 1.82) is 0 Å². The van der Waals surface area contributed by atoms with E-state index in [1.807, 2.05) is 0 Å². The first-order valence-electron chi connectivity index (χ1n) is 7.35. The van der Waals surface area contributed by atoms with Gasteiger partial charge in [-0.05, 0) is 58.0 Å². The average molecular weight is 238 g/mol. The zero-order valence-electron chi connectivity index (χ0n) is 11.1. The molecule has 0 spiro atoms. The van der Waals surface area contributed by atoms with E-state index in [-0.39, 0.29) is 0 Å². The number of hydrogen-bond donors (Lipinski definition) is 1. The lowest BCUT2D eigenvalue weighted by Crippen LogP contribution is -2.51. The predicted octanol–water partition coefficient (Wildman–Crippen LogP) is 1.63. The van der Waals surface area contributed by atoms with E-state index in [1.54, 1.807) is 0 Å². The van der Waals surface area contributed by atoms with Crippen LogP contribution in [0.2, 0.25) is 0 Å². The first kappa shape index (κ1) is 11.9. The normalized spacial score (nSPS) is 40.4. The van der Waals surface area contributed by atoms with Crippen LogP contribution in [-0.4, -0.2) is 49.3 Å². The van der Waals surface area contributed by atoms with Crippen LogP contribution in [0.3, 0.4) is 0 Å². The van der Waals surface area contributed by atoms with Crippen LogP contribution < -0.4 is 5.32 Å². The van der Waals surface area contributed by atoms with E-state index in [0.717, 1.165) is 19.1 Å². The molecule has 0 aromatic heterocycles. The van der Waals surface area contributed by atoms with Crippen molar-refractivity contribution in [1.82, 2.24) is 10.2 Å². The van der Waals surface area contributed by atoms with Gasteiger partial charge < -0.3 is 10.1 Å². The minimum atomic E-state index is 0.370. The molecule has 0 aromatic carbocycles. The smallest absolute Gasteiger partial charge is 0.0702 e. The van der Waals surface area contributed by atoms with Crippen LogP contribution in [0.15, 0.2) is 0 Å². The van der Waals surface area contributed by atoms with Gasteiger partial charge in [-0.25, -0.2) is 0 Å². The molecule has 2 heterocycles. The highest BCUT2D eigenvalue weighted by molar-refractivity contribution is 5.01. The van der Waals surface area contributed by atoms with Crippen molar-refractivity contribution in [3.63, 3.8) is 0 Å². The highest BCUT2D eigenvalue weighted by atomic mass is 16.5. The van der Waals surface area contributed by atoms with Crippen LogP contribution in [0, 0.1) is 5.92 Å². The SMILES string of the molecule is CC1(C2CC2)CN(CC2CCCO2)CCCN1. The van der Waals surface area contributed by atoms with Crippen LogP contribution in [0.4, 0.5) is 0 Å². The summed E-state index contributed by atoms with van der Waals surface area (Å²) in [6.07, 6.45) is 7.18. The Morgan fingerprint density at radius 1 is 1.29 bits per heavy atom. The van der Waals surface area contributed by atoms with E-state index in [4.69, 9.17) is 4.74 Å². The molecule has 1 N–H and O–H groups in total. The molecule has 1 saturated carbocycles. The number of ether oxygens (including phenoxy) is 1. The highest BCUT2D eigenvalue weighted by Gasteiger charge is 2.43. The van der Waals surface area contributed by atoms with Crippen LogP contribution >= 0.6 is 0 Å². The van der Waals surface area contributed by atoms with Gasteiger partial charge in [-0.2, -0.15) is 0 Å². The summed E-state index contributed by atoms with van der Waals surface area (Å²) in [4.78, 5) is 2.65. The molecule has 3 aliphatic rings. The van der Waals surface area contributed by atoms with Gasteiger partial charge in [-0.1, -0.05) is 0 Å². The van der Waals surface area contributed by atoms with E-state index in [1.165, 1.54) is 51.7 Å². The van der Waals surface area contributed by atoms with Gasteiger partial charge in [-0.15, -0.1) is 0 Å². The lowest BCUT2D eigenvalue weighted by Gasteiger charge is -2.34. The average Bonchev–Trinajstić information content (AvgIpc) is 3.07. The lowest BCUT2D eigenvalue weighted by molar-refractivity contribution is 0.0657. The third-order valence-electron chi connectivity index (χ3n) is 4.70. The topological polar surface area (TPSA) is 24.5 Å². The monoisotopic (exact) mass is 238 g/mol. The largest absolute Gasteiger partial charge is 0.377 e. The standard InChI is InChI=1S/C14H26N2O/c1-14(12-5-6-12)11-16(8-3-7-15-14)10-13-4-2-9-17-13/h12-13,15H,2-11H2,1H3. The Labute approximate surface area is 105 Å². The van der Waals surface area contributed by atoms with Gasteiger partial charge in [-0.3, -0.25) is 4.90 Å². The Hall–Kier alpha value is -0.120. The van der Waals surface area contributed by atoms with Crippen LogP contribution in [0.25, 0.3) is 0 Å². The van der Waals surface area contributed by atoms with Gasteiger partial charge in [0.05, 0.1) is 6.10 Å². The maximum atomic E-state index is 5.78. The summed E-state index contributed by atoms with van der Waals surface area (Å²) in [5.41, 5.74) is 0.370. The van der Waals surface area contributed by atoms with E-state index < -0.39 is 0 Å². The molecule has 2 atom stereocenters. The molecule has 17 heavy (non-hydrogen) atoms. The molecule has 3 fully saturated rings. The quantitative estimate of drug-likeness (QED) is 0.809. The third-order valence-corrected chi connectivity index (χ3v) is 4.70. The maximum Gasteiger partial charge on any atom is 0.0702 e. The second kappa shape index (κ2) is 4.87. The van der Waals surface area contributed by atoms with Crippen molar-refractivity contribution in [2.24, 2.45) is 5.92 Å². The first-order chi connectivity index (χ1) is 8.26. The van der Waals surface area contributed by atoms with Gasteiger partial charge in [0.25, 0.3) is 0 Å². The molecule has 98 valence electrons. The summed E-state index contributed by atoms with van der Waals surface area (Å²) >= 11 is 0. The fraction of sp³-hybridized carbons (Fsp3) is 1.00. The summed E-state index contributed by atoms with van der Waals surface area (Å²) < 4.78 is 5.78. The van der Waals surface area contributed by atoms with Crippen molar-refractivity contribution in [2.75, 3.05) is 32.8 Å². The summed E-state index contributed by atoms with van der Waals surface area (Å²) in [6, 6.07) is 0. The van der Waals surface area contributed by atoms with E-state index in [2.05, 4.69) is 17.1 Å². The summed E-state index contributed by atoms with van der Waals surface area (Å²) in [5.74, 6) is 0.924. The number of nitrogens with one attached hydrogen (secondary N) is 1. The minimum absolute atomic E-state index is 0.370. The lowest BCUT2D eigenvalue weighted by atomic mass is 9.95. The molecule has 3 nitrogen and oxygen atoms in total. The minimum Gasteiger partial charge on any atom is -0.377 e. The molecule has 0 aromatic rings. The van der Waals surface area contributed by atoms with Crippen LogP contribution in [-0.2, 0) is 4.74 Å². The molecule has 0 amide bonds. The molecule has 2 saturated heterocycles. The molecule has 3 heteroatoms. The third kappa shape index (κ3) is 2.83. The molecule has 3 rings (SSSR count). The molecule has 1 aliphatic carbocycles. The Kier molecular flexibility index (Phi) is 3.42. The Morgan fingerprint density at radius 3 is 2.88 bits per heavy atom. The van der Waals surface area contributed by atoms with Gasteiger partial charge in [0.15, 0.2) is 0 Å². The first-order valence-corrected chi connectivity index (χ1v) is 7.35. The zero-order valence-corrected chi connectivity index (χ0v) is 11.1. The van der Waals surface area contributed by atoms with E-state index in [9.17, 15) is 0 Å². The van der Waals surface area contributed by atoms with Gasteiger partial charge >= 0.3 is 0 Å². The molecular formula is C14H26N2O. The highest BCUT2D eigenvalue weighted by Crippen LogP contribution is 2.40. The summed E-state index contributed by atoms with van der Waals surface area (Å²) in [5, 5.41) is 3.79. The second-order valence-corrected chi connectivity index (χ2v) is 6.34. The fourth-order valence-electron chi connectivity index (χ4n) is 3.50. The van der Waals surface area contributed by atoms with Crippen molar-refractivity contribution >= 4 is 0 Å². The molecular weight excluding hydrogens is 212 g/mol. The Bertz CT molecular complexity index is 261. The van der Waals surface area contributed by atoms with Crippen molar-refractivity contribution in [2.45, 2.75) is 50.7 Å². The predicted molar refractivity (Wildman–Crippen MR) is 69.2 cm³/mol. The van der Waals surface area contributed by atoms with Gasteiger partial charge in [0.1, 0.15) is 0 Å². The number of hydrogen-bond acceptors (Lipinski definition) is 3. The van der Waals surface area contributed by atoms with Gasteiger partial charge in [0.2, 0.25) is 0 Å². The second-order valence-electron chi connectivity index (χ2n) is 6.34. The van der Waals surface area contributed by atoms with Crippen molar-refractivity contribution in [3.8, 4) is 0 Å². The Balaban J connectivity index is 1.58. The maximum absolute atomic E-state index is 5.78.